The summed E-state index contributed by atoms with van der Waals surface area (Å²) in [5.74, 6) is -2.49. The number of methoxy groups -OCH3 is 1. The van der Waals surface area contributed by atoms with E-state index in [-0.39, 0.29) is 12.1 Å². The third-order valence-electron chi connectivity index (χ3n) is 4.79. The predicted octanol–water partition coefficient (Wildman–Crippen LogP) is 1.52. The van der Waals surface area contributed by atoms with Gasteiger partial charge in [0.15, 0.2) is 0 Å². The van der Waals surface area contributed by atoms with E-state index < -0.39 is 23.8 Å². The van der Waals surface area contributed by atoms with Gasteiger partial charge >= 0.3 is 11.9 Å². The maximum absolute atomic E-state index is 12.0. The summed E-state index contributed by atoms with van der Waals surface area (Å²) in [5.41, 5.74) is 1.14. The molecule has 3 rings (SSSR count). The highest BCUT2D eigenvalue weighted by atomic mass is 16.5. The first-order valence-corrected chi connectivity index (χ1v) is 7.23. The van der Waals surface area contributed by atoms with Crippen LogP contribution < -0.4 is 0 Å². The van der Waals surface area contributed by atoms with Gasteiger partial charge in [0.05, 0.1) is 18.9 Å². The van der Waals surface area contributed by atoms with Crippen molar-refractivity contribution in [3.8, 4) is 0 Å². The van der Waals surface area contributed by atoms with Crippen LogP contribution in [0, 0.1) is 11.8 Å². The molecule has 112 valence electrons. The molecular formula is C16H19NO4. The summed E-state index contributed by atoms with van der Waals surface area (Å²) < 4.78 is 4.84. The Labute approximate surface area is 123 Å². The van der Waals surface area contributed by atoms with Crippen LogP contribution in [-0.2, 0) is 20.9 Å². The molecule has 2 fully saturated rings. The fraction of sp³-hybridized carbons (Fsp3) is 0.500. The van der Waals surface area contributed by atoms with Crippen LogP contribution in [0.25, 0.3) is 0 Å². The van der Waals surface area contributed by atoms with Gasteiger partial charge in [-0.1, -0.05) is 30.3 Å². The Balaban J connectivity index is 1.86. The molecule has 0 aliphatic carbocycles. The van der Waals surface area contributed by atoms with Gasteiger partial charge < -0.3 is 9.84 Å². The van der Waals surface area contributed by atoms with Crippen molar-refractivity contribution in [2.24, 2.45) is 11.8 Å². The zero-order chi connectivity index (χ0) is 15.0. The lowest BCUT2D eigenvalue weighted by Gasteiger charge is -2.23. The van der Waals surface area contributed by atoms with Gasteiger partial charge in [-0.25, -0.2) is 0 Å². The minimum Gasteiger partial charge on any atom is -0.481 e. The van der Waals surface area contributed by atoms with E-state index in [1.807, 2.05) is 30.3 Å². The highest BCUT2D eigenvalue weighted by Gasteiger charge is 2.59. The molecule has 1 aromatic rings. The Morgan fingerprint density at radius 1 is 1.19 bits per heavy atom. The van der Waals surface area contributed by atoms with E-state index in [2.05, 4.69) is 4.90 Å². The number of ether oxygens (including phenoxy) is 1. The number of carboxylic acid groups (broad SMARTS) is 1. The lowest BCUT2D eigenvalue weighted by Crippen LogP contribution is -2.38. The van der Waals surface area contributed by atoms with E-state index in [4.69, 9.17) is 4.74 Å². The van der Waals surface area contributed by atoms with Gasteiger partial charge in [-0.3, -0.25) is 14.5 Å². The minimum absolute atomic E-state index is 0.0243. The molecule has 5 nitrogen and oxygen atoms in total. The smallest absolute Gasteiger partial charge is 0.311 e. The van der Waals surface area contributed by atoms with E-state index >= 15 is 0 Å². The highest BCUT2D eigenvalue weighted by Crippen LogP contribution is 2.47. The van der Waals surface area contributed by atoms with Crippen molar-refractivity contribution in [3.63, 3.8) is 0 Å². The third-order valence-corrected chi connectivity index (χ3v) is 4.79. The van der Waals surface area contributed by atoms with Gasteiger partial charge in [-0.2, -0.15) is 0 Å². The van der Waals surface area contributed by atoms with Crippen LogP contribution in [0.15, 0.2) is 30.3 Å². The number of hydrogen-bond acceptors (Lipinski definition) is 4. The third kappa shape index (κ3) is 2.31. The second-order valence-electron chi connectivity index (χ2n) is 5.78. The van der Waals surface area contributed by atoms with Gasteiger partial charge in [-0.15, -0.1) is 0 Å². The van der Waals surface area contributed by atoms with Crippen LogP contribution in [0.5, 0.6) is 0 Å². The summed E-state index contributed by atoms with van der Waals surface area (Å²) in [7, 11) is 1.33. The molecule has 4 atom stereocenters. The average molecular weight is 289 g/mol. The minimum atomic E-state index is -0.893. The van der Waals surface area contributed by atoms with Gasteiger partial charge in [0.2, 0.25) is 0 Å². The van der Waals surface area contributed by atoms with E-state index in [9.17, 15) is 14.7 Å². The summed E-state index contributed by atoms with van der Waals surface area (Å²) in [4.78, 5) is 25.8. The van der Waals surface area contributed by atoms with Gasteiger partial charge in [0, 0.05) is 18.6 Å². The Hall–Kier alpha value is -1.88. The van der Waals surface area contributed by atoms with Crippen LogP contribution in [0.3, 0.4) is 0 Å². The highest BCUT2D eigenvalue weighted by molar-refractivity contribution is 5.83. The number of carbonyl (C=O) groups excluding carboxylic acids is 1. The van der Waals surface area contributed by atoms with Crippen LogP contribution in [0.1, 0.15) is 18.4 Å². The Bertz CT molecular complexity index is 544. The first-order chi connectivity index (χ1) is 10.1. The lowest BCUT2D eigenvalue weighted by atomic mass is 9.79. The molecule has 2 saturated heterocycles. The van der Waals surface area contributed by atoms with Crippen LogP contribution in [-0.4, -0.2) is 41.1 Å². The Morgan fingerprint density at radius 3 is 2.38 bits per heavy atom. The summed E-state index contributed by atoms with van der Waals surface area (Å²) in [5, 5.41) is 9.50. The zero-order valence-corrected chi connectivity index (χ0v) is 11.9. The topological polar surface area (TPSA) is 66.8 Å². The number of rotatable bonds is 4. The number of benzene rings is 1. The monoisotopic (exact) mass is 289 g/mol. The Kier molecular flexibility index (Phi) is 3.68. The molecule has 0 amide bonds. The maximum atomic E-state index is 12.0. The predicted molar refractivity (Wildman–Crippen MR) is 75.4 cm³/mol. The van der Waals surface area contributed by atoms with Crippen molar-refractivity contribution in [1.29, 1.82) is 0 Å². The summed E-state index contributed by atoms with van der Waals surface area (Å²) in [6, 6.07) is 9.86. The molecule has 0 saturated carbocycles. The van der Waals surface area contributed by atoms with Crippen molar-refractivity contribution in [2.75, 3.05) is 7.11 Å². The fourth-order valence-electron chi connectivity index (χ4n) is 3.96. The molecule has 2 aliphatic heterocycles. The van der Waals surface area contributed by atoms with E-state index in [1.54, 1.807) is 0 Å². The largest absolute Gasteiger partial charge is 0.481 e. The maximum Gasteiger partial charge on any atom is 0.311 e. The molecule has 2 aliphatic rings. The molecule has 2 heterocycles. The summed E-state index contributed by atoms with van der Waals surface area (Å²) in [6.07, 6.45) is 1.70. The first-order valence-electron chi connectivity index (χ1n) is 7.23. The van der Waals surface area contributed by atoms with Gasteiger partial charge in [0.1, 0.15) is 0 Å². The quantitative estimate of drug-likeness (QED) is 0.851. The Morgan fingerprint density at radius 2 is 1.81 bits per heavy atom. The molecule has 0 spiro atoms. The van der Waals surface area contributed by atoms with Gasteiger partial charge in [-0.05, 0) is 18.4 Å². The number of carboxylic acids is 1. The standard InChI is InChI=1S/C16H19NO4/c1-21-16(20)14-12-8-7-11(13(14)15(18)19)17(12)9-10-5-3-2-4-6-10/h2-6,11-14H,7-9H2,1H3,(H,18,19). The number of nitrogens with zero attached hydrogens (tertiary/aromatic N) is 1. The second-order valence-corrected chi connectivity index (χ2v) is 5.78. The molecule has 0 aromatic heterocycles. The van der Waals surface area contributed by atoms with Crippen molar-refractivity contribution in [3.05, 3.63) is 35.9 Å². The van der Waals surface area contributed by atoms with Crippen molar-refractivity contribution in [1.82, 2.24) is 4.90 Å². The zero-order valence-electron chi connectivity index (χ0n) is 11.9. The molecule has 5 heteroatoms. The van der Waals surface area contributed by atoms with Gasteiger partial charge in [0.25, 0.3) is 0 Å². The molecule has 0 radical (unpaired) electrons. The number of carbonyl (C=O) groups is 2. The fourth-order valence-corrected chi connectivity index (χ4v) is 3.96. The van der Waals surface area contributed by atoms with Crippen LogP contribution in [0.2, 0.25) is 0 Å². The number of fused-ring (bicyclic) bond motifs is 2. The van der Waals surface area contributed by atoms with Crippen molar-refractivity contribution < 1.29 is 19.4 Å². The average Bonchev–Trinajstić information content (AvgIpc) is 3.02. The lowest BCUT2D eigenvalue weighted by molar-refractivity contribution is -0.156. The van der Waals surface area contributed by atoms with Crippen LogP contribution >= 0.6 is 0 Å². The molecule has 21 heavy (non-hydrogen) atoms. The van der Waals surface area contributed by atoms with E-state index in [0.29, 0.717) is 6.54 Å². The first kappa shape index (κ1) is 14.1. The number of aliphatic carboxylic acids is 1. The molecule has 4 unspecified atom stereocenters. The molecule has 1 aromatic carbocycles. The van der Waals surface area contributed by atoms with E-state index in [0.717, 1.165) is 18.4 Å². The number of hydrogen-bond donors (Lipinski definition) is 1. The molecule has 2 bridgehead atoms. The van der Waals surface area contributed by atoms with E-state index in [1.165, 1.54) is 7.11 Å². The second kappa shape index (κ2) is 5.48. The normalized spacial score (nSPS) is 31.3. The van der Waals surface area contributed by atoms with Crippen molar-refractivity contribution >= 4 is 11.9 Å². The SMILES string of the molecule is COC(=O)C1C(C(=O)O)C2CCC1N2Cc1ccccc1. The molecule has 1 N–H and O–H groups in total. The number of esters is 1. The van der Waals surface area contributed by atoms with Crippen molar-refractivity contribution in [2.45, 2.75) is 31.5 Å². The van der Waals surface area contributed by atoms with Crippen LogP contribution in [0.4, 0.5) is 0 Å². The summed E-state index contributed by atoms with van der Waals surface area (Å²) >= 11 is 0. The summed E-state index contributed by atoms with van der Waals surface area (Å²) in [6.45, 7) is 0.688. The molecular weight excluding hydrogens is 270 g/mol.